The number of thiophene rings is 1. The Labute approximate surface area is 107 Å². The molecule has 0 bridgehead atoms. The van der Waals surface area contributed by atoms with Gasteiger partial charge >= 0.3 is 0 Å². The van der Waals surface area contributed by atoms with Gasteiger partial charge in [0.25, 0.3) is 0 Å². The van der Waals surface area contributed by atoms with Crippen LogP contribution in [0.2, 0.25) is 0 Å². The van der Waals surface area contributed by atoms with Crippen molar-refractivity contribution in [1.29, 1.82) is 0 Å². The second-order valence-electron chi connectivity index (χ2n) is 4.34. The minimum absolute atomic E-state index is 0.221. The summed E-state index contributed by atoms with van der Waals surface area (Å²) in [6, 6.07) is 4.71. The van der Waals surface area contributed by atoms with E-state index in [1.807, 2.05) is 0 Å². The maximum absolute atomic E-state index is 5.87. The van der Waals surface area contributed by atoms with Crippen molar-refractivity contribution in [3.63, 3.8) is 0 Å². The van der Waals surface area contributed by atoms with Gasteiger partial charge in [0, 0.05) is 24.4 Å². The van der Waals surface area contributed by atoms with Crippen LogP contribution in [0.5, 0.6) is 0 Å². The highest BCUT2D eigenvalue weighted by Crippen LogP contribution is 2.27. The maximum Gasteiger partial charge on any atom is 0.0986 e. The van der Waals surface area contributed by atoms with Gasteiger partial charge in [-0.15, -0.1) is 11.3 Å². The van der Waals surface area contributed by atoms with Crippen molar-refractivity contribution in [3.8, 4) is 0 Å². The predicted octanol–water partition coefficient (Wildman–Crippen LogP) is 2.07. The second-order valence-corrected chi connectivity index (χ2v) is 5.37. The Hall–Kier alpha value is -0.420. The molecule has 4 heteroatoms. The molecule has 1 heterocycles. The molecular weight excluding hydrogens is 234 g/mol. The van der Waals surface area contributed by atoms with Gasteiger partial charge in [0.1, 0.15) is 0 Å². The van der Waals surface area contributed by atoms with E-state index in [9.17, 15) is 0 Å². The smallest absolute Gasteiger partial charge is 0.0986 e. The summed E-state index contributed by atoms with van der Waals surface area (Å²) in [7, 11) is 1.77. The molecule has 1 aromatic rings. The van der Waals surface area contributed by atoms with E-state index in [1.54, 1.807) is 18.4 Å². The molecule has 0 spiro atoms. The van der Waals surface area contributed by atoms with Crippen molar-refractivity contribution in [2.45, 2.75) is 38.0 Å². The van der Waals surface area contributed by atoms with Crippen LogP contribution in [-0.2, 0) is 15.9 Å². The maximum atomic E-state index is 5.87. The number of rotatable bonds is 7. The first kappa shape index (κ1) is 13.0. The van der Waals surface area contributed by atoms with Crippen molar-refractivity contribution in [3.05, 3.63) is 22.4 Å². The largest absolute Gasteiger partial charge is 0.377 e. The molecule has 1 aliphatic rings. The summed E-state index contributed by atoms with van der Waals surface area (Å²) in [5, 5.41) is 5.52. The fourth-order valence-electron chi connectivity index (χ4n) is 2.29. The first-order valence-corrected chi connectivity index (χ1v) is 7.13. The fraction of sp³-hybridized carbons (Fsp3) is 0.692. The average Bonchev–Trinajstić information content (AvgIpc) is 2.80. The third-order valence-electron chi connectivity index (χ3n) is 3.25. The van der Waals surface area contributed by atoms with E-state index < -0.39 is 0 Å². The molecule has 3 unspecified atom stereocenters. The monoisotopic (exact) mass is 255 g/mol. The van der Waals surface area contributed by atoms with Gasteiger partial charge in [-0.25, -0.2) is 0 Å². The van der Waals surface area contributed by atoms with Crippen LogP contribution in [-0.4, -0.2) is 38.5 Å². The lowest BCUT2D eigenvalue weighted by atomic mass is 9.85. The molecular formula is C13H21NO2S. The van der Waals surface area contributed by atoms with E-state index in [0.717, 1.165) is 26.0 Å². The van der Waals surface area contributed by atoms with Gasteiger partial charge in [0.2, 0.25) is 0 Å². The van der Waals surface area contributed by atoms with Crippen LogP contribution in [0.25, 0.3) is 0 Å². The number of likely N-dealkylation sites (N-methyl/N-ethyl adjacent to an activating group) is 1. The molecule has 0 radical (unpaired) electrons. The van der Waals surface area contributed by atoms with E-state index in [-0.39, 0.29) is 12.2 Å². The van der Waals surface area contributed by atoms with Gasteiger partial charge in [-0.05, 0) is 24.4 Å². The molecule has 0 aromatic carbocycles. The van der Waals surface area contributed by atoms with Crippen LogP contribution in [0.4, 0.5) is 0 Å². The Kier molecular flexibility index (Phi) is 4.98. The topological polar surface area (TPSA) is 30.5 Å². The normalized spacial score (nSPS) is 28.0. The zero-order valence-corrected chi connectivity index (χ0v) is 11.3. The molecule has 1 N–H and O–H groups in total. The van der Waals surface area contributed by atoms with Crippen molar-refractivity contribution < 1.29 is 9.47 Å². The molecule has 1 aromatic heterocycles. The highest BCUT2D eigenvalue weighted by Gasteiger charge is 2.41. The molecule has 1 saturated carbocycles. The number of nitrogens with one attached hydrogen (secondary N) is 1. The van der Waals surface area contributed by atoms with E-state index in [4.69, 9.17) is 9.47 Å². The molecule has 17 heavy (non-hydrogen) atoms. The van der Waals surface area contributed by atoms with Crippen LogP contribution in [0.1, 0.15) is 18.2 Å². The van der Waals surface area contributed by atoms with Crippen molar-refractivity contribution in [2.24, 2.45) is 0 Å². The molecule has 3 nitrogen and oxygen atoms in total. The highest BCUT2D eigenvalue weighted by molar-refractivity contribution is 7.09. The minimum Gasteiger partial charge on any atom is -0.377 e. The van der Waals surface area contributed by atoms with E-state index >= 15 is 0 Å². The fourth-order valence-corrected chi connectivity index (χ4v) is 2.98. The van der Waals surface area contributed by atoms with E-state index in [1.165, 1.54) is 4.88 Å². The highest BCUT2D eigenvalue weighted by atomic mass is 32.1. The van der Waals surface area contributed by atoms with E-state index in [0.29, 0.717) is 6.04 Å². The van der Waals surface area contributed by atoms with Gasteiger partial charge in [-0.1, -0.05) is 13.0 Å². The van der Waals surface area contributed by atoms with Gasteiger partial charge in [-0.2, -0.15) is 0 Å². The Bertz CT molecular complexity index is 315. The number of hydrogen-bond donors (Lipinski definition) is 1. The first-order valence-electron chi connectivity index (χ1n) is 6.25. The van der Waals surface area contributed by atoms with Gasteiger partial charge in [0.15, 0.2) is 0 Å². The lowest BCUT2D eigenvalue weighted by molar-refractivity contribution is -0.132. The molecule has 0 aliphatic heterocycles. The van der Waals surface area contributed by atoms with Crippen LogP contribution >= 0.6 is 11.3 Å². The van der Waals surface area contributed by atoms with E-state index in [2.05, 4.69) is 29.8 Å². The summed E-state index contributed by atoms with van der Waals surface area (Å²) in [5.74, 6) is 0. The Morgan fingerprint density at radius 1 is 1.53 bits per heavy atom. The lowest BCUT2D eigenvalue weighted by Gasteiger charge is -2.43. The molecule has 1 aliphatic carbocycles. The number of methoxy groups -OCH3 is 1. The Morgan fingerprint density at radius 3 is 3.06 bits per heavy atom. The summed E-state index contributed by atoms with van der Waals surface area (Å²) in [4.78, 5) is 1.39. The van der Waals surface area contributed by atoms with Crippen molar-refractivity contribution >= 4 is 11.3 Å². The summed E-state index contributed by atoms with van der Waals surface area (Å²) in [6.07, 6.45) is 2.56. The first-order chi connectivity index (χ1) is 8.35. The molecule has 0 saturated heterocycles. The summed E-state index contributed by atoms with van der Waals surface area (Å²) < 4.78 is 11.3. The van der Waals surface area contributed by atoms with Crippen LogP contribution < -0.4 is 5.32 Å². The molecule has 2 rings (SSSR count). The summed E-state index contributed by atoms with van der Waals surface area (Å²) in [6.45, 7) is 3.91. The van der Waals surface area contributed by atoms with Crippen molar-refractivity contribution in [1.82, 2.24) is 5.32 Å². The molecule has 96 valence electrons. The molecule has 0 amide bonds. The van der Waals surface area contributed by atoms with Crippen LogP contribution in [0.3, 0.4) is 0 Å². The zero-order valence-electron chi connectivity index (χ0n) is 10.5. The Morgan fingerprint density at radius 2 is 2.41 bits per heavy atom. The van der Waals surface area contributed by atoms with Gasteiger partial charge in [-0.3, -0.25) is 0 Å². The number of hydrogen-bond acceptors (Lipinski definition) is 4. The lowest BCUT2D eigenvalue weighted by Crippen LogP contribution is -2.59. The predicted molar refractivity (Wildman–Crippen MR) is 70.6 cm³/mol. The standard InChI is InChI=1S/C13H21NO2S/c1-3-14-11-9-12(13(11)15-2)16-7-6-10-5-4-8-17-10/h4-5,8,11-14H,3,6-7,9H2,1-2H3. The van der Waals surface area contributed by atoms with Gasteiger partial charge in [0.05, 0.1) is 18.8 Å². The van der Waals surface area contributed by atoms with Crippen molar-refractivity contribution in [2.75, 3.05) is 20.3 Å². The van der Waals surface area contributed by atoms with Gasteiger partial charge < -0.3 is 14.8 Å². The second kappa shape index (κ2) is 6.50. The van der Waals surface area contributed by atoms with Crippen LogP contribution in [0.15, 0.2) is 17.5 Å². The minimum atomic E-state index is 0.221. The quantitative estimate of drug-likeness (QED) is 0.809. The third kappa shape index (κ3) is 3.28. The SMILES string of the molecule is CCNC1CC(OCCc2cccs2)C1OC. The summed E-state index contributed by atoms with van der Waals surface area (Å²) >= 11 is 1.79. The average molecular weight is 255 g/mol. The third-order valence-corrected chi connectivity index (χ3v) is 4.18. The summed E-state index contributed by atoms with van der Waals surface area (Å²) in [5.41, 5.74) is 0. The Balaban J connectivity index is 1.66. The zero-order chi connectivity index (χ0) is 12.1. The molecule has 3 atom stereocenters. The number of ether oxygens (including phenoxy) is 2. The van der Waals surface area contributed by atoms with Crippen LogP contribution in [0, 0.1) is 0 Å². The molecule has 1 fully saturated rings.